The van der Waals surface area contributed by atoms with Gasteiger partial charge in [0.2, 0.25) is 0 Å². The lowest BCUT2D eigenvalue weighted by Crippen LogP contribution is -2.09. The number of carbonyl (C=O) groups excluding carboxylic acids is 2. The number of methoxy groups -OCH3 is 2. The van der Waals surface area contributed by atoms with Gasteiger partial charge < -0.3 is 18.9 Å². The van der Waals surface area contributed by atoms with E-state index in [1.807, 2.05) is 0 Å². The number of carbonyl (C=O) groups is 2. The van der Waals surface area contributed by atoms with Gasteiger partial charge in [0.15, 0.2) is 11.5 Å². The topological polar surface area (TPSA) is 71.1 Å². The SMILES string of the molecule is C=C/C(OC(=O)OC)=C(\CC)OC(=O)OC. The highest BCUT2D eigenvalue weighted by Crippen LogP contribution is 2.14. The standard InChI is InChI=1S/C10H14O6/c1-5-7(15-9(11)13-3)8(6-2)16-10(12)14-4/h5H,1,6H2,2-4H3/b8-7-. The smallest absolute Gasteiger partial charge is 0.437 e. The molecule has 0 spiro atoms. The molecule has 0 aromatic rings. The minimum atomic E-state index is -0.922. The van der Waals surface area contributed by atoms with Gasteiger partial charge in [0.25, 0.3) is 0 Å². The molecule has 0 aliphatic rings. The Morgan fingerprint density at radius 2 is 1.62 bits per heavy atom. The molecule has 0 saturated carbocycles. The quantitative estimate of drug-likeness (QED) is 0.419. The van der Waals surface area contributed by atoms with E-state index in [9.17, 15) is 9.59 Å². The van der Waals surface area contributed by atoms with Crippen LogP contribution in [0.4, 0.5) is 9.59 Å². The van der Waals surface area contributed by atoms with Crippen LogP contribution >= 0.6 is 0 Å². The highest BCUT2D eigenvalue weighted by atomic mass is 16.7. The van der Waals surface area contributed by atoms with Gasteiger partial charge in [-0.3, -0.25) is 0 Å². The highest BCUT2D eigenvalue weighted by Gasteiger charge is 2.14. The first-order valence-corrected chi connectivity index (χ1v) is 4.46. The predicted molar refractivity (Wildman–Crippen MR) is 54.5 cm³/mol. The van der Waals surface area contributed by atoms with Gasteiger partial charge in [0.05, 0.1) is 14.2 Å². The molecule has 16 heavy (non-hydrogen) atoms. The number of allylic oxidation sites excluding steroid dienone is 2. The van der Waals surface area contributed by atoms with Crippen LogP contribution in [0.15, 0.2) is 24.2 Å². The van der Waals surface area contributed by atoms with Crippen LogP contribution in [0.1, 0.15) is 13.3 Å². The van der Waals surface area contributed by atoms with Crippen molar-refractivity contribution < 1.29 is 28.5 Å². The third-order valence-electron chi connectivity index (χ3n) is 1.51. The molecule has 0 bridgehead atoms. The molecule has 0 N–H and O–H groups in total. The van der Waals surface area contributed by atoms with Crippen molar-refractivity contribution in [3.05, 3.63) is 24.2 Å². The Hall–Kier alpha value is -1.98. The lowest BCUT2D eigenvalue weighted by atomic mass is 10.3. The lowest BCUT2D eigenvalue weighted by Gasteiger charge is -2.09. The van der Waals surface area contributed by atoms with Crippen LogP contribution in [0, 0.1) is 0 Å². The maximum Gasteiger partial charge on any atom is 0.513 e. The van der Waals surface area contributed by atoms with E-state index in [0.717, 1.165) is 7.11 Å². The largest absolute Gasteiger partial charge is 0.513 e. The Kier molecular flexibility index (Phi) is 6.42. The van der Waals surface area contributed by atoms with E-state index in [-0.39, 0.29) is 11.5 Å². The first-order valence-electron chi connectivity index (χ1n) is 4.46. The highest BCUT2D eigenvalue weighted by molar-refractivity contribution is 5.63. The van der Waals surface area contributed by atoms with Crippen molar-refractivity contribution in [1.29, 1.82) is 0 Å². The van der Waals surface area contributed by atoms with E-state index in [1.54, 1.807) is 6.92 Å². The minimum Gasteiger partial charge on any atom is -0.437 e. The zero-order valence-electron chi connectivity index (χ0n) is 9.44. The second-order valence-corrected chi connectivity index (χ2v) is 2.46. The summed E-state index contributed by atoms with van der Waals surface area (Å²) in [6.45, 7) is 5.14. The second-order valence-electron chi connectivity index (χ2n) is 2.46. The third kappa shape index (κ3) is 4.50. The fraction of sp³-hybridized carbons (Fsp3) is 0.400. The van der Waals surface area contributed by atoms with E-state index in [0.29, 0.717) is 6.42 Å². The molecule has 0 aromatic carbocycles. The van der Waals surface area contributed by atoms with Crippen molar-refractivity contribution in [2.24, 2.45) is 0 Å². The van der Waals surface area contributed by atoms with Crippen LogP contribution in [-0.2, 0) is 18.9 Å². The number of hydrogen-bond acceptors (Lipinski definition) is 6. The molecule has 90 valence electrons. The summed E-state index contributed by atoms with van der Waals surface area (Å²) in [5, 5.41) is 0. The summed E-state index contributed by atoms with van der Waals surface area (Å²) in [4.78, 5) is 21.7. The summed E-state index contributed by atoms with van der Waals surface area (Å²) in [6.07, 6.45) is -0.259. The molecule has 0 fully saturated rings. The van der Waals surface area contributed by atoms with Crippen molar-refractivity contribution in [2.45, 2.75) is 13.3 Å². The Morgan fingerprint density at radius 1 is 1.12 bits per heavy atom. The van der Waals surface area contributed by atoms with Gasteiger partial charge in [-0.15, -0.1) is 0 Å². The molecule has 0 unspecified atom stereocenters. The Balaban J connectivity index is 4.83. The molecule has 0 radical (unpaired) electrons. The van der Waals surface area contributed by atoms with Gasteiger partial charge >= 0.3 is 12.3 Å². The van der Waals surface area contributed by atoms with Crippen molar-refractivity contribution in [3.63, 3.8) is 0 Å². The molecular weight excluding hydrogens is 216 g/mol. The molecule has 0 rings (SSSR count). The van der Waals surface area contributed by atoms with Crippen molar-refractivity contribution in [2.75, 3.05) is 14.2 Å². The van der Waals surface area contributed by atoms with Crippen LogP contribution in [0.2, 0.25) is 0 Å². The molecule has 6 nitrogen and oxygen atoms in total. The summed E-state index contributed by atoms with van der Waals surface area (Å²) in [7, 11) is 2.33. The molecule has 0 atom stereocenters. The summed E-state index contributed by atoms with van der Waals surface area (Å²) in [5.74, 6) is 0.145. The van der Waals surface area contributed by atoms with Crippen LogP contribution in [0.5, 0.6) is 0 Å². The van der Waals surface area contributed by atoms with Crippen LogP contribution in [0.3, 0.4) is 0 Å². The number of hydrogen-bond donors (Lipinski definition) is 0. The van der Waals surface area contributed by atoms with Crippen molar-refractivity contribution in [3.8, 4) is 0 Å². The lowest BCUT2D eigenvalue weighted by molar-refractivity contribution is 0.0788. The first kappa shape index (κ1) is 14.0. The molecule has 0 saturated heterocycles. The van der Waals surface area contributed by atoms with Gasteiger partial charge in [-0.25, -0.2) is 9.59 Å². The normalized spacial score (nSPS) is 10.9. The molecule has 0 heterocycles. The average Bonchev–Trinajstić information content (AvgIpc) is 2.32. The Labute approximate surface area is 93.4 Å². The zero-order valence-corrected chi connectivity index (χ0v) is 9.44. The van der Waals surface area contributed by atoms with Gasteiger partial charge in [0.1, 0.15) is 0 Å². The van der Waals surface area contributed by atoms with Gasteiger partial charge in [-0.1, -0.05) is 13.5 Å². The molecule has 6 heteroatoms. The molecule has 0 aromatic heterocycles. The van der Waals surface area contributed by atoms with Crippen LogP contribution in [-0.4, -0.2) is 26.5 Å². The van der Waals surface area contributed by atoms with E-state index in [2.05, 4.69) is 16.1 Å². The van der Waals surface area contributed by atoms with E-state index >= 15 is 0 Å². The average molecular weight is 230 g/mol. The van der Waals surface area contributed by atoms with E-state index in [1.165, 1.54) is 13.2 Å². The summed E-state index contributed by atoms with van der Waals surface area (Å²) >= 11 is 0. The number of rotatable bonds is 4. The maximum atomic E-state index is 10.9. The van der Waals surface area contributed by atoms with Crippen molar-refractivity contribution in [1.82, 2.24) is 0 Å². The summed E-state index contributed by atoms with van der Waals surface area (Å²) in [6, 6.07) is 0. The Morgan fingerprint density at radius 3 is 2.00 bits per heavy atom. The monoisotopic (exact) mass is 230 g/mol. The van der Waals surface area contributed by atoms with Gasteiger partial charge in [0, 0.05) is 6.42 Å². The second kappa shape index (κ2) is 7.33. The molecule has 0 aliphatic carbocycles. The first-order chi connectivity index (χ1) is 7.58. The van der Waals surface area contributed by atoms with E-state index < -0.39 is 12.3 Å². The van der Waals surface area contributed by atoms with Crippen molar-refractivity contribution >= 4 is 12.3 Å². The molecule has 0 amide bonds. The molecular formula is C10H14O6. The zero-order chi connectivity index (χ0) is 12.6. The fourth-order valence-electron chi connectivity index (χ4n) is 0.783. The predicted octanol–water partition coefficient (Wildman–Crippen LogP) is 2.36. The minimum absolute atomic E-state index is 0.0137. The molecule has 0 aliphatic heterocycles. The third-order valence-corrected chi connectivity index (χ3v) is 1.51. The van der Waals surface area contributed by atoms with Crippen LogP contribution in [0.25, 0.3) is 0 Å². The number of ether oxygens (including phenoxy) is 4. The van der Waals surface area contributed by atoms with Crippen LogP contribution < -0.4 is 0 Å². The van der Waals surface area contributed by atoms with E-state index in [4.69, 9.17) is 9.47 Å². The Bertz CT molecular complexity index is 304. The summed E-state index contributed by atoms with van der Waals surface area (Å²) in [5.41, 5.74) is 0. The fourth-order valence-corrected chi connectivity index (χ4v) is 0.783. The van der Waals surface area contributed by atoms with Gasteiger partial charge in [-0.05, 0) is 6.08 Å². The van der Waals surface area contributed by atoms with Gasteiger partial charge in [-0.2, -0.15) is 0 Å². The summed E-state index contributed by atoms with van der Waals surface area (Å²) < 4.78 is 18.1. The maximum absolute atomic E-state index is 10.9.